The number of benzene rings is 1. The van der Waals surface area contributed by atoms with Gasteiger partial charge >= 0.3 is 0 Å². The number of nitrogens with one attached hydrogen (secondary N) is 1. The summed E-state index contributed by atoms with van der Waals surface area (Å²) in [6, 6.07) is 11.4. The van der Waals surface area contributed by atoms with Crippen molar-refractivity contribution in [3.05, 3.63) is 65.2 Å². The average molecular weight is 463 g/mol. The van der Waals surface area contributed by atoms with Gasteiger partial charge in [0.15, 0.2) is 5.65 Å². The van der Waals surface area contributed by atoms with Gasteiger partial charge in [0.1, 0.15) is 11.5 Å². The molecule has 4 aromatic rings. The van der Waals surface area contributed by atoms with Crippen LogP contribution in [0.3, 0.4) is 0 Å². The molecule has 3 aromatic heterocycles. The van der Waals surface area contributed by atoms with Crippen molar-refractivity contribution < 1.29 is 9.53 Å². The molecule has 168 valence electrons. The molecule has 8 nitrogen and oxygen atoms in total. The molecule has 2 fully saturated rings. The molecule has 2 bridgehead atoms. The molecule has 1 aromatic carbocycles. The van der Waals surface area contributed by atoms with Gasteiger partial charge in [0.05, 0.1) is 48.3 Å². The summed E-state index contributed by atoms with van der Waals surface area (Å²) in [6.45, 7) is 3.17. The minimum atomic E-state index is -0.184. The molecule has 2 aliphatic rings. The van der Waals surface area contributed by atoms with Crippen molar-refractivity contribution >= 4 is 39.7 Å². The Hall–Kier alpha value is -3.23. The van der Waals surface area contributed by atoms with Gasteiger partial charge in [-0.3, -0.25) is 4.79 Å². The van der Waals surface area contributed by atoms with E-state index in [-0.39, 0.29) is 24.0 Å². The Morgan fingerprint density at radius 2 is 2.00 bits per heavy atom. The highest BCUT2D eigenvalue weighted by molar-refractivity contribution is 6.36. The van der Waals surface area contributed by atoms with Crippen LogP contribution in [0.2, 0.25) is 5.02 Å². The summed E-state index contributed by atoms with van der Waals surface area (Å²) in [5.74, 6) is 0.723. The van der Waals surface area contributed by atoms with Gasteiger partial charge in [-0.15, -0.1) is 0 Å². The predicted molar refractivity (Wildman–Crippen MR) is 126 cm³/mol. The standard InChI is InChI=1S/C24H23ClN6O2/c1-14(28-21-7-9-26-20-8-10-27-31(20)21)19-11-15-3-2-4-18(25)22(15)23(29-19)24(32)30-16-5-6-17(30)13-33-12-16/h2-4,7-11,14,16-17,28H,5-6,12-13H2,1H3/t14-,16?,17?/m0/s1. The lowest BCUT2D eigenvalue weighted by Gasteiger charge is -2.34. The summed E-state index contributed by atoms with van der Waals surface area (Å²) < 4.78 is 7.42. The molecule has 9 heteroatoms. The summed E-state index contributed by atoms with van der Waals surface area (Å²) >= 11 is 6.58. The highest BCUT2D eigenvalue weighted by atomic mass is 35.5. The lowest BCUT2D eigenvalue weighted by atomic mass is 10.0. The molecule has 0 aliphatic carbocycles. The number of fused-ring (bicyclic) bond motifs is 4. The van der Waals surface area contributed by atoms with Crippen LogP contribution in [0.1, 0.15) is 42.0 Å². The number of amides is 1. The second-order valence-corrected chi connectivity index (χ2v) is 9.07. The van der Waals surface area contributed by atoms with E-state index in [9.17, 15) is 4.79 Å². The molecule has 2 aliphatic heterocycles. The molecule has 5 heterocycles. The van der Waals surface area contributed by atoms with Crippen molar-refractivity contribution in [3.63, 3.8) is 0 Å². The Balaban J connectivity index is 1.42. The Bertz CT molecular complexity index is 1360. The zero-order valence-corrected chi connectivity index (χ0v) is 18.9. The highest BCUT2D eigenvalue weighted by Crippen LogP contribution is 2.34. The molecule has 2 unspecified atom stereocenters. The van der Waals surface area contributed by atoms with E-state index in [1.54, 1.807) is 16.9 Å². The number of aromatic nitrogens is 4. The molecule has 33 heavy (non-hydrogen) atoms. The van der Waals surface area contributed by atoms with Crippen LogP contribution in [0.5, 0.6) is 0 Å². The SMILES string of the molecule is C[C@H](Nc1ccnc2ccnn12)c1cc2cccc(Cl)c2c(C(=O)N2C3CCC2COC3)n1. The van der Waals surface area contributed by atoms with Crippen molar-refractivity contribution in [1.82, 2.24) is 24.5 Å². The molecule has 2 saturated heterocycles. The van der Waals surface area contributed by atoms with Crippen LogP contribution >= 0.6 is 11.6 Å². The van der Waals surface area contributed by atoms with Gasteiger partial charge in [-0.2, -0.15) is 9.61 Å². The van der Waals surface area contributed by atoms with Gasteiger partial charge in [-0.05, 0) is 43.4 Å². The second kappa shape index (κ2) is 7.97. The second-order valence-electron chi connectivity index (χ2n) is 8.67. The topological polar surface area (TPSA) is 84.7 Å². The summed E-state index contributed by atoms with van der Waals surface area (Å²) in [7, 11) is 0. The average Bonchev–Trinajstić information content (AvgIpc) is 3.40. The molecular formula is C24H23ClN6O2. The number of ether oxygens (including phenoxy) is 1. The first-order valence-corrected chi connectivity index (χ1v) is 11.5. The molecule has 0 saturated carbocycles. The smallest absolute Gasteiger partial charge is 0.273 e. The van der Waals surface area contributed by atoms with Gasteiger partial charge in [0.25, 0.3) is 5.91 Å². The van der Waals surface area contributed by atoms with Gasteiger partial charge in [0, 0.05) is 17.6 Å². The van der Waals surface area contributed by atoms with Crippen molar-refractivity contribution in [3.8, 4) is 0 Å². The van der Waals surface area contributed by atoms with Crippen LogP contribution in [-0.4, -0.2) is 55.7 Å². The van der Waals surface area contributed by atoms with Crippen LogP contribution in [0.25, 0.3) is 16.4 Å². The van der Waals surface area contributed by atoms with Crippen LogP contribution in [0.15, 0.2) is 48.8 Å². The molecule has 0 radical (unpaired) electrons. The number of nitrogens with zero attached hydrogens (tertiary/aromatic N) is 5. The monoisotopic (exact) mass is 462 g/mol. The minimum absolute atomic E-state index is 0.0728. The maximum atomic E-state index is 13.8. The van der Waals surface area contributed by atoms with Gasteiger partial charge < -0.3 is 15.0 Å². The zero-order chi connectivity index (χ0) is 22.5. The number of anilines is 1. The maximum Gasteiger partial charge on any atom is 0.273 e. The van der Waals surface area contributed by atoms with E-state index < -0.39 is 0 Å². The van der Waals surface area contributed by atoms with Crippen molar-refractivity contribution in [2.24, 2.45) is 0 Å². The number of morpholine rings is 1. The Morgan fingerprint density at radius 1 is 1.18 bits per heavy atom. The van der Waals surface area contributed by atoms with E-state index >= 15 is 0 Å². The number of carbonyl (C=O) groups is 1. The number of hydrogen-bond acceptors (Lipinski definition) is 6. The maximum absolute atomic E-state index is 13.8. The number of rotatable bonds is 4. The van der Waals surface area contributed by atoms with Gasteiger partial charge in [-0.1, -0.05) is 23.7 Å². The first-order chi connectivity index (χ1) is 16.1. The van der Waals surface area contributed by atoms with E-state index in [0.29, 0.717) is 29.3 Å². The van der Waals surface area contributed by atoms with E-state index in [2.05, 4.69) is 15.4 Å². The number of halogens is 1. The molecule has 3 atom stereocenters. The zero-order valence-electron chi connectivity index (χ0n) is 18.1. The normalized spacial score (nSPS) is 21.0. The van der Waals surface area contributed by atoms with Crippen molar-refractivity contribution in [1.29, 1.82) is 0 Å². The Kier molecular flexibility index (Phi) is 4.92. The largest absolute Gasteiger partial charge is 0.377 e. The Labute approximate surface area is 195 Å². The van der Waals surface area contributed by atoms with E-state index in [1.807, 2.05) is 48.2 Å². The van der Waals surface area contributed by atoms with Crippen LogP contribution in [0.4, 0.5) is 5.82 Å². The predicted octanol–water partition coefficient (Wildman–Crippen LogP) is 4.11. The van der Waals surface area contributed by atoms with E-state index in [1.165, 1.54) is 0 Å². The fraction of sp³-hybridized carbons (Fsp3) is 0.333. The molecule has 6 rings (SSSR count). The fourth-order valence-electron chi connectivity index (χ4n) is 4.99. The molecule has 1 amide bonds. The van der Waals surface area contributed by atoms with Crippen LogP contribution < -0.4 is 5.32 Å². The number of hydrogen-bond donors (Lipinski definition) is 1. The molecule has 0 spiro atoms. The molecule has 1 N–H and O–H groups in total. The van der Waals surface area contributed by atoms with E-state index in [0.717, 1.165) is 35.4 Å². The minimum Gasteiger partial charge on any atom is -0.377 e. The van der Waals surface area contributed by atoms with E-state index in [4.69, 9.17) is 21.3 Å². The summed E-state index contributed by atoms with van der Waals surface area (Å²) in [4.78, 5) is 25.0. The third-order valence-electron chi connectivity index (χ3n) is 6.60. The third kappa shape index (κ3) is 3.41. The summed E-state index contributed by atoms with van der Waals surface area (Å²) in [5.41, 5.74) is 1.91. The summed E-state index contributed by atoms with van der Waals surface area (Å²) in [6.07, 6.45) is 5.37. The summed E-state index contributed by atoms with van der Waals surface area (Å²) in [5, 5.41) is 9.92. The van der Waals surface area contributed by atoms with Crippen molar-refractivity contribution in [2.75, 3.05) is 18.5 Å². The van der Waals surface area contributed by atoms with Gasteiger partial charge in [-0.25, -0.2) is 9.97 Å². The fourth-order valence-corrected chi connectivity index (χ4v) is 5.26. The molecular weight excluding hydrogens is 440 g/mol. The first kappa shape index (κ1) is 20.4. The number of carbonyl (C=O) groups excluding carboxylic acids is 1. The lowest BCUT2D eigenvalue weighted by molar-refractivity contribution is -0.00736. The third-order valence-corrected chi connectivity index (χ3v) is 6.92. The van der Waals surface area contributed by atoms with Gasteiger partial charge in [0.2, 0.25) is 0 Å². The van der Waals surface area contributed by atoms with Crippen LogP contribution in [0, 0.1) is 0 Å². The quantitative estimate of drug-likeness (QED) is 0.491. The first-order valence-electron chi connectivity index (χ1n) is 11.1. The number of pyridine rings is 1. The Morgan fingerprint density at radius 3 is 2.82 bits per heavy atom. The highest BCUT2D eigenvalue weighted by Gasteiger charge is 2.41. The lowest BCUT2D eigenvalue weighted by Crippen LogP contribution is -2.49. The van der Waals surface area contributed by atoms with Crippen LogP contribution in [-0.2, 0) is 4.74 Å². The van der Waals surface area contributed by atoms with Crippen molar-refractivity contribution in [2.45, 2.75) is 37.9 Å².